The molecule has 0 heterocycles. The van der Waals surface area contributed by atoms with Crippen LogP contribution in [-0.4, -0.2) is 26.8 Å². The molecule has 0 atom stereocenters. The smallest absolute Gasteiger partial charge is 0.214 e. The molecule has 19 heavy (non-hydrogen) atoms. The van der Waals surface area contributed by atoms with Crippen molar-refractivity contribution in [2.45, 2.75) is 30.9 Å². The second-order valence-corrected chi connectivity index (χ2v) is 6.81. The maximum absolute atomic E-state index is 11.9. The van der Waals surface area contributed by atoms with Crippen molar-refractivity contribution in [1.82, 2.24) is 4.72 Å². The summed E-state index contributed by atoms with van der Waals surface area (Å²) in [6, 6.07) is 7.03. The molecular weight excluding hydrogens is 264 g/mol. The second kappa shape index (κ2) is 6.25. The van der Waals surface area contributed by atoms with Crippen LogP contribution in [-0.2, 0) is 10.0 Å². The average Bonchev–Trinajstić information content (AvgIpc) is 2.91. The number of hydrogen-bond donors (Lipinski definition) is 2. The van der Waals surface area contributed by atoms with Crippen molar-refractivity contribution in [3.63, 3.8) is 0 Å². The lowest BCUT2D eigenvalue weighted by molar-refractivity contribution is 0.322. The Morgan fingerprint density at radius 1 is 1.21 bits per heavy atom. The third-order valence-corrected chi connectivity index (χ3v) is 5.25. The lowest BCUT2D eigenvalue weighted by atomic mass is 10.3. The molecule has 106 valence electrons. The van der Waals surface area contributed by atoms with E-state index in [9.17, 15) is 8.42 Å². The largest absolute Gasteiger partial charge is 0.492 e. The number of hydrogen-bond acceptors (Lipinski definition) is 4. The first-order valence-electron chi connectivity index (χ1n) is 6.55. The predicted octanol–water partition coefficient (Wildman–Crippen LogP) is 1.51. The molecule has 0 amide bonds. The van der Waals surface area contributed by atoms with Crippen LogP contribution in [0.25, 0.3) is 0 Å². The molecule has 1 aromatic rings. The summed E-state index contributed by atoms with van der Waals surface area (Å²) in [7, 11) is -3.17. The normalized spacial score (nSPS) is 16.6. The molecule has 5 nitrogen and oxygen atoms in total. The maximum atomic E-state index is 11.9. The van der Waals surface area contributed by atoms with Gasteiger partial charge in [-0.15, -0.1) is 0 Å². The molecule has 1 aliphatic carbocycles. The zero-order valence-corrected chi connectivity index (χ0v) is 11.7. The maximum Gasteiger partial charge on any atom is 0.214 e. The molecule has 1 aromatic carbocycles. The van der Waals surface area contributed by atoms with Crippen molar-refractivity contribution in [1.29, 1.82) is 0 Å². The quantitative estimate of drug-likeness (QED) is 0.613. The highest BCUT2D eigenvalue weighted by molar-refractivity contribution is 7.90. The summed E-state index contributed by atoms with van der Waals surface area (Å²) >= 11 is 0. The van der Waals surface area contributed by atoms with Crippen LogP contribution in [0.1, 0.15) is 25.7 Å². The minimum Gasteiger partial charge on any atom is -0.492 e. The Morgan fingerprint density at radius 2 is 1.84 bits per heavy atom. The van der Waals surface area contributed by atoms with E-state index in [1.54, 1.807) is 24.3 Å². The van der Waals surface area contributed by atoms with Crippen molar-refractivity contribution < 1.29 is 13.2 Å². The summed E-state index contributed by atoms with van der Waals surface area (Å²) < 4.78 is 31.9. The van der Waals surface area contributed by atoms with Gasteiger partial charge in [0, 0.05) is 12.2 Å². The molecule has 1 fully saturated rings. The molecule has 0 aromatic heterocycles. The van der Waals surface area contributed by atoms with Gasteiger partial charge in [-0.05, 0) is 37.1 Å². The minimum absolute atomic E-state index is 0.218. The van der Waals surface area contributed by atoms with Gasteiger partial charge in [-0.2, -0.15) is 0 Å². The zero-order chi connectivity index (χ0) is 13.7. The Balaban J connectivity index is 1.73. The summed E-state index contributed by atoms with van der Waals surface area (Å²) in [5, 5.41) is -0.218. The number of rotatable bonds is 6. The van der Waals surface area contributed by atoms with Crippen molar-refractivity contribution in [2.24, 2.45) is 0 Å². The molecule has 3 N–H and O–H groups in total. The standard InChI is InChI=1S/C13H20N2O3S/c14-11-5-7-12(8-6-11)18-10-9-15-19(16,17)13-3-1-2-4-13/h5-8,13,15H,1-4,9-10,14H2. The zero-order valence-electron chi connectivity index (χ0n) is 10.8. The summed E-state index contributed by atoms with van der Waals surface area (Å²) in [6.45, 7) is 0.610. The van der Waals surface area contributed by atoms with Gasteiger partial charge in [0.15, 0.2) is 0 Å². The molecule has 1 saturated carbocycles. The van der Waals surface area contributed by atoms with Crippen molar-refractivity contribution in [2.75, 3.05) is 18.9 Å². The van der Waals surface area contributed by atoms with Gasteiger partial charge in [0.05, 0.1) is 5.25 Å². The van der Waals surface area contributed by atoms with E-state index in [1.807, 2.05) is 0 Å². The molecule has 1 aliphatic rings. The van der Waals surface area contributed by atoms with E-state index in [2.05, 4.69) is 4.72 Å². The summed E-state index contributed by atoms with van der Waals surface area (Å²) in [4.78, 5) is 0. The molecule has 0 aliphatic heterocycles. The molecule has 0 unspecified atom stereocenters. The minimum atomic E-state index is -3.17. The van der Waals surface area contributed by atoms with E-state index < -0.39 is 10.0 Å². The third-order valence-electron chi connectivity index (χ3n) is 3.30. The van der Waals surface area contributed by atoms with Crippen LogP contribution in [0.4, 0.5) is 5.69 Å². The van der Waals surface area contributed by atoms with E-state index in [0.29, 0.717) is 24.6 Å². The Labute approximate surface area is 114 Å². The lowest BCUT2D eigenvalue weighted by Gasteiger charge is -2.12. The fourth-order valence-corrected chi connectivity index (χ4v) is 3.79. The van der Waals surface area contributed by atoms with Gasteiger partial charge in [0.2, 0.25) is 10.0 Å². The first kappa shape index (κ1) is 14.1. The van der Waals surface area contributed by atoms with Gasteiger partial charge in [-0.3, -0.25) is 0 Å². The molecule has 2 rings (SSSR count). The Hall–Kier alpha value is -1.27. The summed E-state index contributed by atoms with van der Waals surface area (Å²) in [5.41, 5.74) is 6.24. The van der Waals surface area contributed by atoms with Crippen LogP contribution in [0.3, 0.4) is 0 Å². The Kier molecular flexibility index (Phi) is 4.66. The number of nitrogens with one attached hydrogen (secondary N) is 1. The average molecular weight is 284 g/mol. The van der Waals surface area contributed by atoms with Crippen molar-refractivity contribution >= 4 is 15.7 Å². The van der Waals surface area contributed by atoms with E-state index in [1.165, 1.54) is 0 Å². The number of sulfonamides is 1. The molecular formula is C13H20N2O3S. The number of nitrogens with two attached hydrogens (primary N) is 1. The molecule has 0 radical (unpaired) electrons. The van der Waals surface area contributed by atoms with Crippen LogP contribution in [0, 0.1) is 0 Å². The van der Waals surface area contributed by atoms with E-state index in [-0.39, 0.29) is 5.25 Å². The van der Waals surface area contributed by atoms with E-state index in [0.717, 1.165) is 25.7 Å². The van der Waals surface area contributed by atoms with E-state index in [4.69, 9.17) is 10.5 Å². The van der Waals surface area contributed by atoms with Crippen LogP contribution in [0.15, 0.2) is 24.3 Å². The van der Waals surface area contributed by atoms with Crippen LogP contribution >= 0.6 is 0 Å². The summed E-state index contributed by atoms with van der Waals surface area (Å²) in [5.74, 6) is 0.689. The first-order chi connectivity index (χ1) is 9.08. The van der Waals surface area contributed by atoms with Crippen LogP contribution in [0.2, 0.25) is 0 Å². The van der Waals surface area contributed by atoms with Gasteiger partial charge < -0.3 is 10.5 Å². The number of benzene rings is 1. The van der Waals surface area contributed by atoms with Gasteiger partial charge in [-0.25, -0.2) is 13.1 Å². The highest BCUT2D eigenvalue weighted by Gasteiger charge is 2.27. The fourth-order valence-electron chi connectivity index (χ4n) is 2.23. The van der Waals surface area contributed by atoms with Crippen molar-refractivity contribution in [3.8, 4) is 5.75 Å². The molecule has 0 saturated heterocycles. The monoisotopic (exact) mass is 284 g/mol. The first-order valence-corrected chi connectivity index (χ1v) is 8.09. The predicted molar refractivity (Wildman–Crippen MR) is 75.5 cm³/mol. The second-order valence-electron chi connectivity index (χ2n) is 4.76. The summed E-state index contributed by atoms with van der Waals surface area (Å²) in [6.07, 6.45) is 3.56. The van der Waals surface area contributed by atoms with Gasteiger partial charge in [0.1, 0.15) is 12.4 Å². The highest BCUT2D eigenvalue weighted by Crippen LogP contribution is 2.23. The lowest BCUT2D eigenvalue weighted by Crippen LogP contribution is -2.35. The van der Waals surface area contributed by atoms with Crippen LogP contribution < -0.4 is 15.2 Å². The third kappa shape index (κ3) is 4.11. The van der Waals surface area contributed by atoms with Gasteiger partial charge in [-0.1, -0.05) is 12.8 Å². The molecule has 0 spiro atoms. The molecule has 6 heteroatoms. The molecule has 0 bridgehead atoms. The SMILES string of the molecule is Nc1ccc(OCCNS(=O)(=O)C2CCCC2)cc1. The van der Waals surface area contributed by atoms with Crippen molar-refractivity contribution in [3.05, 3.63) is 24.3 Å². The van der Waals surface area contributed by atoms with Gasteiger partial charge >= 0.3 is 0 Å². The number of nitrogen functional groups attached to an aromatic ring is 1. The van der Waals surface area contributed by atoms with E-state index >= 15 is 0 Å². The van der Waals surface area contributed by atoms with Gasteiger partial charge in [0.25, 0.3) is 0 Å². The van der Waals surface area contributed by atoms with Crippen LogP contribution in [0.5, 0.6) is 5.75 Å². The topological polar surface area (TPSA) is 81.4 Å². The number of ether oxygens (including phenoxy) is 1. The fraction of sp³-hybridized carbons (Fsp3) is 0.538. The highest BCUT2D eigenvalue weighted by atomic mass is 32.2. The Morgan fingerprint density at radius 3 is 2.47 bits per heavy atom. The number of anilines is 1. The Bertz CT molecular complexity index is 493.